The lowest BCUT2D eigenvalue weighted by molar-refractivity contribution is -0.383. The fourth-order valence-electron chi connectivity index (χ4n) is 1.87. The number of hydrogen-bond donors (Lipinski definition) is 3. The number of hydrogen-bond acceptors (Lipinski definition) is 5. The van der Waals surface area contributed by atoms with Gasteiger partial charge in [-0.1, -0.05) is 19.9 Å². The van der Waals surface area contributed by atoms with Crippen LogP contribution in [-0.4, -0.2) is 11.0 Å². The Labute approximate surface area is 99.3 Å². The van der Waals surface area contributed by atoms with Gasteiger partial charge in [0, 0.05) is 6.04 Å². The predicted molar refractivity (Wildman–Crippen MR) is 66.7 cm³/mol. The molecule has 0 spiro atoms. The lowest BCUT2D eigenvalue weighted by atomic mass is 10.1. The molecular formula is C11H16N4O2. The van der Waals surface area contributed by atoms with E-state index < -0.39 is 4.92 Å². The van der Waals surface area contributed by atoms with E-state index in [9.17, 15) is 10.1 Å². The second-order valence-corrected chi connectivity index (χ2v) is 4.99. The van der Waals surface area contributed by atoms with Gasteiger partial charge in [-0.15, -0.1) is 0 Å². The SMILES string of the molecule is CC1(C)CC1Nc1cccc(NN)c1[N+](=O)[O-]. The van der Waals surface area contributed by atoms with E-state index in [0.29, 0.717) is 11.4 Å². The normalized spacial score (nSPS) is 20.8. The number of nitro benzene ring substituents is 1. The zero-order chi connectivity index (χ0) is 12.6. The summed E-state index contributed by atoms with van der Waals surface area (Å²) >= 11 is 0. The van der Waals surface area contributed by atoms with Crippen LogP contribution in [0.3, 0.4) is 0 Å². The van der Waals surface area contributed by atoms with Crippen molar-refractivity contribution in [2.24, 2.45) is 11.3 Å². The van der Waals surface area contributed by atoms with Gasteiger partial charge in [0.25, 0.3) is 0 Å². The monoisotopic (exact) mass is 236 g/mol. The first-order valence-electron chi connectivity index (χ1n) is 5.46. The van der Waals surface area contributed by atoms with Crippen molar-refractivity contribution in [3.8, 4) is 0 Å². The Hall–Kier alpha value is -1.82. The molecule has 0 aromatic heterocycles. The summed E-state index contributed by atoms with van der Waals surface area (Å²) in [7, 11) is 0. The molecule has 1 aliphatic carbocycles. The van der Waals surface area contributed by atoms with Crippen molar-refractivity contribution >= 4 is 17.1 Å². The van der Waals surface area contributed by atoms with Gasteiger partial charge in [0.1, 0.15) is 11.4 Å². The van der Waals surface area contributed by atoms with E-state index in [0.717, 1.165) is 6.42 Å². The quantitative estimate of drug-likeness (QED) is 0.423. The Bertz CT molecular complexity index is 459. The Morgan fingerprint density at radius 1 is 1.47 bits per heavy atom. The molecule has 0 amide bonds. The number of anilines is 2. The molecule has 0 saturated heterocycles. The van der Waals surface area contributed by atoms with Crippen molar-refractivity contribution in [1.82, 2.24) is 0 Å². The predicted octanol–water partition coefficient (Wildman–Crippen LogP) is 2.09. The summed E-state index contributed by atoms with van der Waals surface area (Å²) in [6, 6.07) is 5.31. The Balaban J connectivity index is 2.30. The Morgan fingerprint density at radius 2 is 2.06 bits per heavy atom. The van der Waals surface area contributed by atoms with Crippen LogP contribution in [0.2, 0.25) is 0 Å². The third-order valence-electron chi connectivity index (χ3n) is 3.22. The van der Waals surface area contributed by atoms with E-state index in [1.54, 1.807) is 18.2 Å². The van der Waals surface area contributed by atoms with Crippen LogP contribution in [-0.2, 0) is 0 Å². The van der Waals surface area contributed by atoms with Crippen molar-refractivity contribution in [2.75, 3.05) is 10.7 Å². The van der Waals surface area contributed by atoms with Crippen LogP contribution in [0.5, 0.6) is 0 Å². The fraction of sp³-hybridized carbons (Fsp3) is 0.455. The average molecular weight is 236 g/mol. The minimum Gasteiger partial charge on any atom is -0.376 e. The van der Waals surface area contributed by atoms with E-state index in [1.165, 1.54) is 0 Å². The maximum Gasteiger partial charge on any atom is 0.316 e. The van der Waals surface area contributed by atoms with E-state index in [1.807, 2.05) is 0 Å². The maximum absolute atomic E-state index is 11.0. The number of rotatable bonds is 4. The molecule has 0 bridgehead atoms. The van der Waals surface area contributed by atoms with Gasteiger partial charge in [-0.3, -0.25) is 16.0 Å². The van der Waals surface area contributed by atoms with E-state index >= 15 is 0 Å². The Morgan fingerprint density at radius 3 is 2.53 bits per heavy atom. The largest absolute Gasteiger partial charge is 0.376 e. The highest BCUT2D eigenvalue weighted by Gasteiger charge is 2.46. The van der Waals surface area contributed by atoms with E-state index in [-0.39, 0.29) is 17.1 Å². The molecule has 1 aromatic rings. The number of para-hydroxylation sites is 1. The number of nitrogens with one attached hydrogen (secondary N) is 2. The van der Waals surface area contributed by atoms with Gasteiger partial charge in [0.15, 0.2) is 0 Å². The van der Waals surface area contributed by atoms with Crippen LogP contribution in [0.4, 0.5) is 17.1 Å². The molecule has 17 heavy (non-hydrogen) atoms. The second kappa shape index (κ2) is 3.89. The van der Waals surface area contributed by atoms with Gasteiger partial charge in [-0.25, -0.2) is 0 Å². The van der Waals surface area contributed by atoms with Gasteiger partial charge >= 0.3 is 5.69 Å². The van der Waals surface area contributed by atoms with Crippen molar-refractivity contribution in [2.45, 2.75) is 26.3 Å². The molecule has 1 aromatic carbocycles. The van der Waals surface area contributed by atoms with Crippen LogP contribution in [0.25, 0.3) is 0 Å². The fourth-order valence-corrected chi connectivity index (χ4v) is 1.87. The molecular weight excluding hydrogens is 220 g/mol. The third-order valence-corrected chi connectivity index (χ3v) is 3.22. The molecule has 6 heteroatoms. The van der Waals surface area contributed by atoms with Gasteiger partial charge < -0.3 is 10.7 Å². The number of nitrogens with zero attached hydrogens (tertiary/aromatic N) is 1. The molecule has 0 heterocycles. The highest BCUT2D eigenvalue weighted by molar-refractivity contribution is 5.76. The number of nitrogen functional groups attached to an aromatic ring is 1. The van der Waals surface area contributed by atoms with Gasteiger partial charge in [0.05, 0.1) is 4.92 Å². The molecule has 4 N–H and O–H groups in total. The van der Waals surface area contributed by atoms with Crippen molar-refractivity contribution in [3.63, 3.8) is 0 Å². The minimum absolute atomic E-state index is 0.00213. The Kier molecular flexibility index (Phi) is 2.66. The highest BCUT2D eigenvalue weighted by atomic mass is 16.6. The molecule has 1 atom stereocenters. The molecule has 1 aliphatic rings. The maximum atomic E-state index is 11.0. The van der Waals surface area contributed by atoms with Crippen molar-refractivity contribution in [1.29, 1.82) is 0 Å². The first-order chi connectivity index (χ1) is 7.95. The number of benzene rings is 1. The van der Waals surface area contributed by atoms with Crippen LogP contribution in [0, 0.1) is 15.5 Å². The third kappa shape index (κ3) is 2.16. The lowest BCUT2D eigenvalue weighted by Crippen LogP contribution is -2.13. The number of hydrazine groups is 1. The summed E-state index contributed by atoms with van der Waals surface area (Å²) < 4.78 is 0. The summed E-state index contributed by atoms with van der Waals surface area (Å²) in [5.74, 6) is 5.27. The smallest absolute Gasteiger partial charge is 0.316 e. The van der Waals surface area contributed by atoms with Crippen LogP contribution in [0.1, 0.15) is 20.3 Å². The molecule has 1 unspecified atom stereocenters. The summed E-state index contributed by atoms with van der Waals surface area (Å²) in [5.41, 5.74) is 3.39. The number of nitro groups is 1. The number of nitrogens with two attached hydrogens (primary N) is 1. The van der Waals surface area contributed by atoms with E-state index in [4.69, 9.17) is 5.84 Å². The summed E-state index contributed by atoms with van der Waals surface area (Å²) in [5, 5.41) is 14.2. The first-order valence-corrected chi connectivity index (χ1v) is 5.46. The summed E-state index contributed by atoms with van der Waals surface area (Å²) in [6.07, 6.45) is 1.02. The van der Waals surface area contributed by atoms with Gasteiger partial charge in [0.2, 0.25) is 0 Å². The van der Waals surface area contributed by atoms with Gasteiger partial charge in [-0.05, 0) is 24.0 Å². The second-order valence-electron chi connectivity index (χ2n) is 4.99. The molecule has 92 valence electrons. The minimum atomic E-state index is -0.424. The molecule has 0 aliphatic heterocycles. The molecule has 2 rings (SSSR count). The molecule has 6 nitrogen and oxygen atoms in total. The summed E-state index contributed by atoms with van der Waals surface area (Å²) in [4.78, 5) is 10.6. The van der Waals surface area contributed by atoms with Crippen molar-refractivity contribution < 1.29 is 4.92 Å². The molecule has 1 saturated carbocycles. The topological polar surface area (TPSA) is 93.2 Å². The zero-order valence-electron chi connectivity index (χ0n) is 9.86. The van der Waals surface area contributed by atoms with E-state index in [2.05, 4.69) is 24.6 Å². The standard InChI is InChI=1S/C11H16N4O2/c1-11(2)6-9(11)13-7-4-3-5-8(14-12)10(7)15(16)17/h3-5,9,13-14H,6,12H2,1-2H3. The average Bonchev–Trinajstić information content (AvgIpc) is 2.85. The van der Waals surface area contributed by atoms with Gasteiger partial charge in [-0.2, -0.15) is 0 Å². The van der Waals surface area contributed by atoms with Crippen LogP contribution in [0.15, 0.2) is 18.2 Å². The molecule has 0 radical (unpaired) electrons. The first kappa shape index (κ1) is 11.7. The molecule has 1 fully saturated rings. The van der Waals surface area contributed by atoms with Crippen LogP contribution < -0.4 is 16.6 Å². The highest BCUT2D eigenvalue weighted by Crippen LogP contribution is 2.48. The lowest BCUT2D eigenvalue weighted by Gasteiger charge is -2.10. The zero-order valence-corrected chi connectivity index (χ0v) is 9.86. The summed E-state index contributed by atoms with van der Waals surface area (Å²) in [6.45, 7) is 4.25. The van der Waals surface area contributed by atoms with Crippen LogP contribution >= 0.6 is 0 Å². The van der Waals surface area contributed by atoms with Crippen molar-refractivity contribution in [3.05, 3.63) is 28.3 Å².